The summed E-state index contributed by atoms with van der Waals surface area (Å²) in [6, 6.07) is 9.14. The monoisotopic (exact) mass is 234 g/mol. The molecule has 0 N–H and O–H groups in total. The molecule has 0 atom stereocenters. The Morgan fingerprint density at radius 3 is 2.69 bits per heavy atom. The second-order valence-electron chi connectivity index (χ2n) is 3.69. The van der Waals surface area contributed by atoms with E-state index in [9.17, 15) is 4.79 Å². The molecule has 0 bridgehead atoms. The van der Waals surface area contributed by atoms with E-state index in [0.717, 1.165) is 11.3 Å². The summed E-state index contributed by atoms with van der Waals surface area (Å²) in [5.41, 5.74) is 2.23. The van der Waals surface area contributed by atoms with Gasteiger partial charge in [0.1, 0.15) is 5.02 Å². The van der Waals surface area contributed by atoms with Gasteiger partial charge in [0, 0.05) is 0 Å². The van der Waals surface area contributed by atoms with E-state index < -0.39 is 0 Å². The number of hydrogen-bond donors (Lipinski definition) is 0. The standard InChI is InChI=1S/C12H11ClN2O/c1-8-4-3-5-10(6-8)15-12(16)11(13)7-9(2)14-15/h3-7H,1-2H3. The van der Waals surface area contributed by atoms with Gasteiger partial charge in [0.05, 0.1) is 11.4 Å². The van der Waals surface area contributed by atoms with E-state index in [-0.39, 0.29) is 10.6 Å². The second kappa shape index (κ2) is 4.10. The third kappa shape index (κ3) is 1.99. The largest absolute Gasteiger partial charge is 0.290 e. The lowest BCUT2D eigenvalue weighted by Gasteiger charge is -2.06. The molecule has 0 saturated carbocycles. The molecule has 0 unspecified atom stereocenters. The third-order valence-electron chi connectivity index (χ3n) is 2.24. The average Bonchev–Trinajstić information content (AvgIpc) is 2.23. The van der Waals surface area contributed by atoms with Crippen LogP contribution in [0.1, 0.15) is 11.3 Å². The highest BCUT2D eigenvalue weighted by molar-refractivity contribution is 6.30. The maximum atomic E-state index is 11.8. The van der Waals surface area contributed by atoms with Gasteiger partial charge >= 0.3 is 0 Å². The summed E-state index contributed by atoms with van der Waals surface area (Å²) in [6.45, 7) is 3.77. The molecular formula is C12H11ClN2O. The Morgan fingerprint density at radius 2 is 2.00 bits per heavy atom. The molecule has 0 saturated heterocycles. The van der Waals surface area contributed by atoms with Crippen LogP contribution >= 0.6 is 11.6 Å². The molecule has 0 aliphatic heterocycles. The fraction of sp³-hybridized carbons (Fsp3) is 0.167. The molecule has 1 aromatic heterocycles. The first-order valence-corrected chi connectivity index (χ1v) is 5.29. The van der Waals surface area contributed by atoms with Crippen molar-refractivity contribution in [1.29, 1.82) is 0 Å². The van der Waals surface area contributed by atoms with E-state index in [2.05, 4.69) is 5.10 Å². The molecule has 1 heterocycles. The average molecular weight is 235 g/mol. The zero-order valence-corrected chi connectivity index (χ0v) is 9.82. The van der Waals surface area contributed by atoms with Crippen molar-refractivity contribution in [2.24, 2.45) is 0 Å². The van der Waals surface area contributed by atoms with E-state index >= 15 is 0 Å². The first-order chi connectivity index (χ1) is 7.58. The van der Waals surface area contributed by atoms with Gasteiger partial charge in [0.25, 0.3) is 5.56 Å². The van der Waals surface area contributed by atoms with Crippen LogP contribution in [-0.4, -0.2) is 9.78 Å². The van der Waals surface area contributed by atoms with Crippen LogP contribution in [0.5, 0.6) is 0 Å². The number of halogens is 1. The number of aromatic nitrogens is 2. The topological polar surface area (TPSA) is 34.9 Å². The Hall–Kier alpha value is -1.61. The molecule has 0 spiro atoms. The van der Waals surface area contributed by atoms with Gasteiger partial charge in [0.15, 0.2) is 0 Å². The number of hydrogen-bond acceptors (Lipinski definition) is 2. The van der Waals surface area contributed by atoms with E-state index in [1.54, 1.807) is 13.0 Å². The summed E-state index contributed by atoms with van der Waals surface area (Å²) in [6.07, 6.45) is 0. The first-order valence-electron chi connectivity index (χ1n) is 4.91. The lowest BCUT2D eigenvalue weighted by Crippen LogP contribution is -2.22. The smallest absolute Gasteiger partial charge is 0.266 e. The molecule has 1 aromatic carbocycles. The van der Waals surface area contributed by atoms with E-state index in [0.29, 0.717) is 5.69 Å². The molecule has 2 rings (SSSR count). The molecule has 0 aliphatic rings. The molecule has 2 aromatic rings. The van der Waals surface area contributed by atoms with Gasteiger partial charge in [-0.3, -0.25) is 4.79 Å². The van der Waals surface area contributed by atoms with Gasteiger partial charge < -0.3 is 0 Å². The molecule has 0 radical (unpaired) electrons. The zero-order valence-electron chi connectivity index (χ0n) is 9.07. The van der Waals surface area contributed by atoms with Crippen LogP contribution in [-0.2, 0) is 0 Å². The van der Waals surface area contributed by atoms with Crippen LogP contribution in [0.15, 0.2) is 35.1 Å². The highest BCUT2D eigenvalue weighted by Crippen LogP contribution is 2.09. The predicted octanol–water partition coefficient (Wildman–Crippen LogP) is 2.50. The van der Waals surface area contributed by atoms with Crippen molar-refractivity contribution in [3.63, 3.8) is 0 Å². The summed E-state index contributed by atoms with van der Waals surface area (Å²) in [5, 5.41) is 4.35. The van der Waals surface area contributed by atoms with Gasteiger partial charge in [-0.25, -0.2) is 0 Å². The van der Waals surface area contributed by atoms with Crippen molar-refractivity contribution < 1.29 is 0 Å². The van der Waals surface area contributed by atoms with Crippen molar-refractivity contribution in [3.8, 4) is 5.69 Å². The van der Waals surface area contributed by atoms with Crippen LogP contribution in [0.3, 0.4) is 0 Å². The van der Waals surface area contributed by atoms with Crippen LogP contribution in [0, 0.1) is 13.8 Å². The van der Waals surface area contributed by atoms with Crippen molar-refractivity contribution in [2.75, 3.05) is 0 Å². The lowest BCUT2D eigenvalue weighted by atomic mass is 10.2. The molecule has 16 heavy (non-hydrogen) atoms. The fourth-order valence-electron chi connectivity index (χ4n) is 1.51. The third-order valence-corrected chi connectivity index (χ3v) is 2.51. The normalized spacial score (nSPS) is 10.4. The fourth-order valence-corrected chi connectivity index (χ4v) is 1.75. The maximum absolute atomic E-state index is 11.8. The number of nitrogens with zero attached hydrogens (tertiary/aromatic N) is 2. The molecule has 3 nitrogen and oxygen atoms in total. The maximum Gasteiger partial charge on any atom is 0.290 e. The second-order valence-corrected chi connectivity index (χ2v) is 4.10. The Morgan fingerprint density at radius 1 is 1.25 bits per heavy atom. The Balaban J connectivity index is 2.69. The quantitative estimate of drug-likeness (QED) is 0.760. The SMILES string of the molecule is Cc1cccc(-n2nc(C)cc(Cl)c2=O)c1. The lowest BCUT2D eigenvalue weighted by molar-refractivity contribution is 0.785. The van der Waals surface area contributed by atoms with Gasteiger partial charge in [-0.15, -0.1) is 0 Å². The highest BCUT2D eigenvalue weighted by atomic mass is 35.5. The van der Waals surface area contributed by atoms with Crippen molar-refractivity contribution in [2.45, 2.75) is 13.8 Å². The minimum absolute atomic E-state index is 0.189. The number of rotatable bonds is 1. The van der Waals surface area contributed by atoms with Crippen molar-refractivity contribution in [1.82, 2.24) is 9.78 Å². The van der Waals surface area contributed by atoms with Gasteiger partial charge in [-0.2, -0.15) is 9.78 Å². The zero-order chi connectivity index (χ0) is 11.7. The first kappa shape index (κ1) is 10.9. The minimum atomic E-state index is -0.294. The van der Waals surface area contributed by atoms with E-state index in [1.165, 1.54) is 4.68 Å². The molecule has 0 aliphatic carbocycles. The van der Waals surface area contributed by atoms with E-state index in [4.69, 9.17) is 11.6 Å². The van der Waals surface area contributed by atoms with Crippen molar-refractivity contribution in [3.05, 3.63) is 57.0 Å². The number of benzene rings is 1. The highest BCUT2D eigenvalue weighted by Gasteiger charge is 2.06. The molecule has 82 valence electrons. The number of aryl methyl sites for hydroxylation is 2. The molecule has 0 fully saturated rings. The Kier molecular flexibility index (Phi) is 2.79. The predicted molar refractivity (Wildman–Crippen MR) is 64.3 cm³/mol. The van der Waals surface area contributed by atoms with Gasteiger partial charge in [0.2, 0.25) is 0 Å². The van der Waals surface area contributed by atoms with Crippen LogP contribution in [0.25, 0.3) is 5.69 Å². The Labute approximate surface area is 98.3 Å². The van der Waals surface area contributed by atoms with Crippen molar-refractivity contribution >= 4 is 11.6 Å². The summed E-state index contributed by atoms with van der Waals surface area (Å²) >= 11 is 5.84. The summed E-state index contributed by atoms with van der Waals surface area (Å²) in [4.78, 5) is 11.8. The van der Waals surface area contributed by atoms with Crippen LogP contribution in [0.4, 0.5) is 0 Å². The Bertz CT molecular complexity index is 590. The molecule has 4 heteroatoms. The van der Waals surface area contributed by atoms with Crippen LogP contribution in [0.2, 0.25) is 5.02 Å². The van der Waals surface area contributed by atoms with Crippen LogP contribution < -0.4 is 5.56 Å². The van der Waals surface area contributed by atoms with Gasteiger partial charge in [-0.05, 0) is 37.6 Å². The summed E-state index contributed by atoms with van der Waals surface area (Å²) in [5.74, 6) is 0. The minimum Gasteiger partial charge on any atom is -0.266 e. The molecular weight excluding hydrogens is 224 g/mol. The molecule has 0 amide bonds. The van der Waals surface area contributed by atoms with Gasteiger partial charge in [-0.1, -0.05) is 23.7 Å². The summed E-state index contributed by atoms with van der Waals surface area (Å²) < 4.78 is 1.32. The van der Waals surface area contributed by atoms with E-state index in [1.807, 2.05) is 31.2 Å². The summed E-state index contributed by atoms with van der Waals surface area (Å²) in [7, 11) is 0.